The first-order valence-electron chi connectivity index (χ1n) is 4.68. The van der Waals surface area contributed by atoms with Crippen molar-refractivity contribution in [1.82, 2.24) is 10.6 Å². The number of hydrogen-bond acceptors (Lipinski definition) is 3. The smallest absolute Gasteiger partial charge is 0.0462 e. The second-order valence-electron chi connectivity index (χ2n) is 3.11. The van der Waals surface area contributed by atoms with Gasteiger partial charge >= 0.3 is 0 Å². The summed E-state index contributed by atoms with van der Waals surface area (Å²) in [5, 5.41) is 6.56. The first-order chi connectivity index (χ1) is 5.81. The highest BCUT2D eigenvalue weighted by molar-refractivity contribution is 4.61. The van der Waals surface area contributed by atoms with Crippen molar-refractivity contribution in [2.75, 3.05) is 33.9 Å². The molecule has 12 heavy (non-hydrogen) atoms. The number of rotatable bonds is 8. The van der Waals surface area contributed by atoms with Gasteiger partial charge in [0.15, 0.2) is 0 Å². The summed E-state index contributed by atoms with van der Waals surface area (Å²) in [6, 6.07) is 0.567. The molecule has 0 aliphatic carbocycles. The van der Waals surface area contributed by atoms with Crippen molar-refractivity contribution in [3.8, 4) is 0 Å². The number of hydrogen-bond donors (Lipinski definition) is 2. The molecule has 0 saturated carbocycles. The molecular weight excluding hydrogens is 152 g/mol. The first kappa shape index (κ1) is 11.9. The lowest BCUT2D eigenvalue weighted by Gasteiger charge is -2.12. The first-order valence-corrected chi connectivity index (χ1v) is 4.68. The topological polar surface area (TPSA) is 33.3 Å². The van der Waals surface area contributed by atoms with E-state index in [0.29, 0.717) is 6.04 Å². The van der Waals surface area contributed by atoms with Gasteiger partial charge in [0.2, 0.25) is 0 Å². The molecule has 0 amide bonds. The predicted octanol–water partition coefficient (Wildman–Crippen LogP) is 0.610. The van der Waals surface area contributed by atoms with Crippen LogP contribution in [0.5, 0.6) is 0 Å². The van der Waals surface area contributed by atoms with Gasteiger partial charge in [-0.15, -0.1) is 0 Å². The third kappa shape index (κ3) is 7.98. The highest BCUT2D eigenvalue weighted by Crippen LogP contribution is 1.88. The maximum Gasteiger partial charge on any atom is 0.0462 e. The van der Waals surface area contributed by atoms with Gasteiger partial charge in [-0.1, -0.05) is 0 Å². The van der Waals surface area contributed by atoms with Gasteiger partial charge in [0.05, 0.1) is 0 Å². The lowest BCUT2D eigenvalue weighted by Crippen LogP contribution is -2.35. The van der Waals surface area contributed by atoms with Crippen molar-refractivity contribution < 1.29 is 4.74 Å². The summed E-state index contributed by atoms with van der Waals surface area (Å²) in [5.74, 6) is 0. The van der Waals surface area contributed by atoms with Crippen LogP contribution >= 0.6 is 0 Å². The van der Waals surface area contributed by atoms with Crippen molar-refractivity contribution in [2.24, 2.45) is 0 Å². The largest absolute Gasteiger partial charge is 0.385 e. The zero-order valence-corrected chi connectivity index (χ0v) is 8.52. The summed E-state index contributed by atoms with van der Waals surface area (Å²) in [6.07, 6.45) is 2.34. The number of likely N-dealkylation sites (N-methyl/N-ethyl adjacent to an activating group) is 1. The van der Waals surface area contributed by atoms with E-state index in [2.05, 4.69) is 17.6 Å². The van der Waals surface area contributed by atoms with E-state index < -0.39 is 0 Å². The normalized spacial score (nSPS) is 13.2. The van der Waals surface area contributed by atoms with E-state index in [1.165, 1.54) is 6.42 Å². The Labute approximate surface area is 75.9 Å². The van der Waals surface area contributed by atoms with E-state index >= 15 is 0 Å². The maximum absolute atomic E-state index is 4.96. The summed E-state index contributed by atoms with van der Waals surface area (Å²) in [7, 11) is 3.72. The van der Waals surface area contributed by atoms with Crippen LogP contribution in [0, 0.1) is 0 Å². The zero-order chi connectivity index (χ0) is 9.23. The highest BCUT2D eigenvalue weighted by atomic mass is 16.5. The Hall–Kier alpha value is -0.120. The quantitative estimate of drug-likeness (QED) is 0.529. The van der Waals surface area contributed by atoms with Crippen LogP contribution in [-0.2, 0) is 4.74 Å². The van der Waals surface area contributed by atoms with Gasteiger partial charge in [0.1, 0.15) is 0 Å². The lowest BCUT2D eigenvalue weighted by atomic mass is 10.3. The Balaban J connectivity index is 2.97. The van der Waals surface area contributed by atoms with Crippen LogP contribution in [-0.4, -0.2) is 39.9 Å². The van der Waals surface area contributed by atoms with Gasteiger partial charge in [-0.25, -0.2) is 0 Å². The second kappa shape index (κ2) is 8.97. The minimum absolute atomic E-state index is 0.567. The Morgan fingerprint density at radius 1 is 1.33 bits per heavy atom. The minimum atomic E-state index is 0.567. The summed E-state index contributed by atoms with van der Waals surface area (Å²) in [4.78, 5) is 0. The van der Waals surface area contributed by atoms with E-state index in [0.717, 1.165) is 26.1 Å². The third-order valence-electron chi connectivity index (χ3n) is 1.78. The van der Waals surface area contributed by atoms with Gasteiger partial charge in [-0.05, 0) is 33.4 Å². The van der Waals surface area contributed by atoms with Gasteiger partial charge in [-0.2, -0.15) is 0 Å². The minimum Gasteiger partial charge on any atom is -0.385 e. The Morgan fingerprint density at radius 3 is 2.67 bits per heavy atom. The molecule has 0 aliphatic rings. The molecule has 0 saturated heterocycles. The molecule has 1 atom stereocenters. The van der Waals surface area contributed by atoms with Crippen LogP contribution in [0.3, 0.4) is 0 Å². The summed E-state index contributed by atoms with van der Waals surface area (Å²) in [5.41, 5.74) is 0. The number of ether oxygens (including phenoxy) is 1. The third-order valence-corrected chi connectivity index (χ3v) is 1.78. The van der Waals surface area contributed by atoms with Gasteiger partial charge in [0, 0.05) is 26.3 Å². The van der Waals surface area contributed by atoms with Crippen LogP contribution in [0.15, 0.2) is 0 Å². The van der Waals surface area contributed by atoms with E-state index in [-0.39, 0.29) is 0 Å². The molecule has 0 aliphatic heterocycles. The lowest BCUT2D eigenvalue weighted by molar-refractivity contribution is 0.192. The van der Waals surface area contributed by atoms with Crippen LogP contribution in [0.4, 0.5) is 0 Å². The molecule has 0 radical (unpaired) electrons. The van der Waals surface area contributed by atoms with Gasteiger partial charge < -0.3 is 15.4 Å². The average molecular weight is 174 g/mol. The van der Waals surface area contributed by atoms with Crippen molar-refractivity contribution in [2.45, 2.75) is 25.8 Å². The van der Waals surface area contributed by atoms with Crippen molar-refractivity contribution in [1.29, 1.82) is 0 Å². The average Bonchev–Trinajstić information content (AvgIpc) is 2.05. The van der Waals surface area contributed by atoms with Gasteiger partial charge in [0.25, 0.3) is 0 Å². The van der Waals surface area contributed by atoms with E-state index in [1.54, 1.807) is 7.11 Å². The fraction of sp³-hybridized carbons (Fsp3) is 1.00. The molecule has 0 aromatic heterocycles. The molecule has 0 rings (SSSR count). The summed E-state index contributed by atoms with van der Waals surface area (Å²) in [6.45, 7) is 5.19. The molecule has 2 N–H and O–H groups in total. The van der Waals surface area contributed by atoms with E-state index in [4.69, 9.17) is 4.74 Å². The van der Waals surface area contributed by atoms with Crippen LogP contribution in [0.25, 0.3) is 0 Å². The fourth-order valence-corrected chi connectivity index (χ4v) is 1.10. The molecule has 0 fully saturated rings. The standard InChI is InChI=1S/C9H22N2O/c1-9(8-10-2)11-6-4-5-7-12-3/h9-11H,4-8H2,1-3H3. The monoisotopic (exact) mass is 174 g/mol. The molecule has 0 spiro atoms. The van der Waals surface area contributed by atoms with Crippen molar-refractivity contribution in [3.05, 3.63) is 0 Å². The molecule has 3 nitrogen and oxygen atoms in total. The van der Waals surface area contributed by atoms with E-state index in [1.807, 2.05) is 7.05 Å². The summed E-state index contributed by atoms with van der Waals surface area (Å²) < 4.78 is 4.96. The molecule has 0 aromatic carbocycles. The van der Waals surface area contributed by atoms with Crippen molar-refractivity contribution >= 4 is 0 Å². The highest BCUT2D eigenvalue weighted by Gasteiger charge is 1.96. The maximum atomic E-state index is 4.96. The van der Waals surface area contributed by atoms with E-state index in [9.17, 15) is 0 Å². The number of methoxy groups -OCH3 is 1. The molecule has 3 heteroatoms. The Morgan fingerprint density at radius 2 is 2.08 bits per heavy atom. The molecule has 0 aromatic rings. The Kier molecular flexibility index (Phi) is 8.88. The fourth-order valence-electron chi connectivity index (χ4n) is 1.10. The SMILES string of the molecule is CNCC(C)NCCCCOC. The predicted molar refractivity (Wildman–Crippen MR) is 52.5 cm³/mol. The second-order valence-corrected chi connectivity index (χ2v) is 3.11. The Bertz CT molecular complexity index is 88.6. The number of unbranched alkanes of at least 4 members (excludes halogenated alkanes) is 1. The van der Waals surface area contributed by atoms with Gasteiger partial charge in [-0.3, -0.25) is 0 Å². The molecule has 0 bridgehead atoms. The summed E-state index contributed by atoms with van der Waals surface area (Å²) >= 11 is 0. The van der Waals surface area contributed by atoms with Crippen molar-refractivity contribution in [3.63, 3.8) is 0 Å². The molecule has 1 unspecified atom stereocenters. The van der Waals surface area contributed by atoms with Crippen LogP contribution < -0.4 is 10.6 Å². The molecule has 74 valence electrons. The molecule has 0 heterocycles. The molecular formula is C9H22N2O. The van der Waals surface area contributed by atoms with Crippen LogP contribution in [0.1, 0.15) is 19.8 Å². The zero-order valence-electron chi connectivity index (χ0n) is 8.52. The number of nitrogens with one attached hydrogen (secondary N) is 2. The van der Waals surface area contributed by atoms with Crippen LogP contribution in [0.2, 0.25) is 0 Å².